The predicted octanol–water partition coefficient (Wildman–Crippen LogP) is 5.05. The summed E-state index contributed by atoms with van der Waals surface area (Å²) < 4.78 is 36.7. The number of hydrogen-bond donors (Lipinski definition) is 2. The summed E-state index contributed by atoms with van der Waals surface area (Å²) in [6.45, 7) is 0.407. The van der Waals surface area contributed by atoms with Crippen LogP contribution in [0, 0.1) is 17.1 Å². The lowest BCUT2D eigenvalue weighted by atomic mass is 10.1. The summed E-state index contributed by atoms with van der Waals surface area (Å²) in [5, 5.41) is 16.5. The predicted molar refractivity (Wildman–Crippen MR) is 126 cm³/mol. The van der Waals surface area contributed by atoms with Gasteiger partial charge in [0.15, 0.2) is 9.84 Å². The molecule has 166 valence electrons. The molecule has 2 N–H and O–H groups in total. The molecule has 0 saturated heterocycles. The van der Waals surface area contributed by atoms with Gasteiger partial charge in [0.05, 0.1) is 32.9 Å². The van der Waals surface area contributed by atoms with Crippen LogP contribution >= 0.6 is 11.6 Å². The van der Waals surface area contributed by atoms with Crippen molar-refractivity contribution < 1.29 is 12.8 Å². The Hall–Kier alpha value is -3.74. The van der Waals surface area contributed by atoms with E-state index in [1.807, 2.05) is 0 Å². The normalized spacial score (nSPS) is 11.2. The molecule has 4 rings (SSSR count). The van der Waals surface area contributed by atoms with Crippen molar-refractivity contribution in [3.05, 3.63) is 82.9 Å². The van der Waals surface area contributed by atoms with Crippen LogP contribution in [0.4, 0.5) is 21.6 Å². The second kappa shape index (κ2) is 9.02. The number of hydrogen-bond acceptors (Lipinski definition) is 7. The molecule has 7 nitrogen and oxygen atoms in total. The molecule has 2 aromatic carbocycles. The Balaban J connectivity index is 1.63. The van der Waals surface area contributed by atoms with Crippen LogP contribution in [0.1, 0.15) is 11.1 Å². The van der Waals surface area contributed by atoms with Gasteiger partial charge in [0.1, 0.15) is 17.7 Å². The average Bonchev–Trinajstić information content (AvgIpc) is 2.80. The minimum absolute atomic E-state index is 0.0391. The zero-order chi connectivity index (χ0) is 23.6. The maximum atomic E-state index is 13.5. The molecule has 0 saturated carbocycles. The smallest absolute Gasteiger partial charge is 0.175 e. The summed E-state index contributed by atoms with van der Waals surface area (Å²) >= 11 is 5.89. The molecule has 0 aliphatic carbocycles. The van der Waals surface area contributed by atoms with Gasteiger partial charge >= 0.3 is 0 Å². The van der Waals surface area contributed by atoms with E-state index < -0.39 is 15.7 Å². The fraction of sp³-hybridized carbons (Fsp3) is 0.0870. The van der Waals surface area contributed by atoms with Gasteiger partial charge < -0.3 is 10.6 Å². The second-order valence-electron chi connectivity index (χ2n) is 7.27. The number of pyridine rings is 2. The van der Waals surface area contributed by atoms with Gasteiger partial charge in [-0.15, -0.1) is 0 Å². The molecule has 0 amide bonds. The number of nitrogens with one attached hydrogen (secondary N) is 2. The number of halogens is 2. The third-order valence-electron chi connectivity index (χ3n) is 4.89. The molecule has 0 aliphatic heterocycles. The molecule has 10 heteroatoms. The Labute approximate surface area is 194 Å². The molecule has 0 fully saturated rings. The van der Waals surface area contributed by atoms with Gasteiger partial charge in [-0.3, -0.25) is 4.98 Å². The van der Waals surface area contributed by atoms with E-state index in [4.69, 9.17) is 11.6 Å². The van der Waals surface area contributed by atoms with Crippen molar-refractivity contribution in [3.63, 3.8) is 0 Å². The fourth-order valence-corrected chi connectivity index (χ4v) is 3.99. The quantitative estimate of drug-likeness (QED) is 0.396. The first-order valence-corrected chi connectivity index (χ1v) is 12.0. The third kappa shape index (κ3) is 5.03. The molecule has 2 aromatic heterocycles. The van der Waals surface area contributed by atoms with Crippen LogP contribution in [-0.2, 0) is 16.4 Å². The molecular weight excluding hydrogens is 465 g/mol. The summed E-state index contributed by atoms with van der Waals surface area (Å²) in [5.74, 6) is -0.00525. The van der Waals surface area contributed by atoms with Gasteiger partial charge in [-0.05, 0) is 42.0 Å². The fourth-order valence-electron chi connectivity index (χ4n) is 3.18. The average molecular weight is 482 g/mol. The number of sulfone groups is 1. The lowest BCUT2D eigenvalue weighted by Gasteiger charge is -2.13. The highest BCUT2D eigenvalue weighted by Crippen LogP contribution is 2.31. The molecule has 0 bridgehead atoms. The Kier molecular flexibility index (Phi) is 6.14. The first kappa shape index (κ1) is 22.5. The second-order valence-corrected chi connectivity index (χ2v) is 9.69. The molecule has 0 atom stereocenters. The summed E-state index contributed by atoms with van der Waals surface area (Å²) in [6.07, 6.45) is 4.18. The molecule has 33 heavy (non-hydrogen) atoms. The Morgan fingerprint density at radius 2 is 1.85 bits per heavy atom. The topological polar surface area (TPSA) is 108 Å². The molecule has 0 unspecified atom stereocenters. The zero-order valence-corrected chi connectivity index (χ0v) is 18.9. The van der Waals surface area contributed by atoms with Crippen LogP contribution in [-0.4, -0.2) is 24.6 Å². The van der Waals surface area contributed by atoms with Crippen LogP contribution in [0.25, 0.3) is 10.9 Å². The van der Waals surface area contributed by atoms with Gasteiger partial charge in [-0.1, -0.05) is 23.7 Å². The number of nitrogens with zero attached hydrogens (tertiary/aromatic N) is 3. The van der Waals surface area contributed by atoms with Crippen molar-refractivity contribution in [2.24, 2.45) is 0 Å². The third-order valence-corrected chi connectivity index (χ3v) is 6.31. The van der Waals surface area contributed by atoms with Gasteiger partial charge in [0.25, 0.3) is 0 Å². The first-order valence-electron chi connectivity index (χ1n) is 9.68. The maximum Gasteiger partial charge on any atom is 0.175 e. The van der Waals surface area contributed by atoms with Crippen LogP contribution in [0.2, 0.25) is 5.02 Å². The number of benzene rings is 2. The van der Waals surface area contributed by atoms with E-state index in [0.29, 0.717) is 40.2 Å². The highest BCUT2D eigenvalue weighted by atomic mass is 35.5. The van der Waals surface area contributed by atoms with E-state index in [2.05, 4.69) is 26.7 Å². The Bertz CT molecular complexity index is 1500. The summed E-state index contributed by atoms with van der Waals surface area (Å²) in [4.78, 5) is 8.89. The highest BCUT2D eigenvalue weighted by Gasteiger charge is 2.12. The number of fused-ring (bicyclic) bond motifs is 1. The number of anilines is 3. The lowest BCUT2D eigenvalue weighted by molar-refractivity contribution is 0.602. The van der Waals surface area contributed by atoms with Crippen molar-refractivity contribution in [3.8, 4) is 6.07 Å². The summed E-state index contributed by atoms with van der Waals surface area (Å²) in [5.41, 5.74) is 2.74. The van der Waals surface area contributed by atoms with Crippen molar-refractivity contribution in [1.82, 2.24) is 9.97 Å². The first-order chi connectivity index (χ1) is 15.7. The van der Waals surface area contributed by atoms with E-state index in [0.717, 1.165) is 11.8 Å². The van der Waals surface area contributed by atoms with Crippen molar-refractivity contribution >= 4 is 49.5 Å². The summed E-state index contributed by atoms with van der Waals surface area (Å²) in [7, 11) is -3.26. The number of nitriles is 1. The van der Waals surface area contributed by atoms with E-state index in [1.54, 1.807) is 36.5 Å². The van der Waals surface area contributed by atoms with Gasteiger partial charge in [-0.2, -0.15) is 5.26 Å². The standard InChI is InChI=1S/C23H17ClFN5O2S/c1-33(31,32)17-5-2-14(3-6-17)11-28-22-9-18-21(13-29-22)27-12-15(10-26)23(18)30-16-4-7-20(25)19(24)8-16/h2-9,12-13H,11H2,1H3,(H,27,30)(H,28,29). The maximum absolute atomic E-state index is 13.5. The molecule has 0 radical (unpaired) electrons. The van der Waals surface area contributed by atoms with Crippen molar-refractivity contribution in [2.45, 2.75) is 11.4 Å². The molecule has 4 aromatic rings. The molecular formula is C23H17ClFN5O2S. The Morgan fingerprint density at radius 1 is 1.09 bits per heavy atom. The zero-order valence-electron chi connectivity index (χ0n) is 17.3. The minimum Gasteiger partial charge on any atom is -0.366 e. The van der Waals surface area contributed by atoms with E-state index in [9.17, 15) is 18.1 Å². The van der Waals surface area contributed by atoms with Gasteiger partial charge in [0.2, 0.25) is 0 Å². The van der Waals surface area contributed by atoms with E-state index in [-0.39, 0.29) is 9.92 Å². The SMILES string of the molecule is CS(=O)(=O)c1ccc(CNc2cc3c(Nc4ccc(F)c(Cl)c4)c(C#N)cnc3cn2)cc1. The van der Waals surface area contributed by atoms with Crippen molar-refractivity contribution in [1.29, 1.82) is 5.26 Å². The Morgan fingerprint density at radius 3 is 2.52 bits per heavy atom. The van der Waals surface area contributed by atoms with Crippen LogP contribution in [0.5, 0.6) is 0 Å². The molecule has 2 heterocycles. The van der Waals surface area contributed by atoms with Gasteiger partial charge in [-0.25, -0.2) is 17.8 Å². The number of rotatable bonds is 6. The van der Waals surface area contributed by atoms with Crippen molar-refractivity contribution in [2.75, 3.05) is 16.9 Å². The molecule has 0 aliphatic rings. The highest BCUT2D eigenvalue weighted by molar-refractivity contribution is 7.90. The summed E-state index contributed by atoms with van der Waals surface area (Å²) in [6, 6.07) is 14.6. The largest absolute Gasteiger partial charge is 0.366 e. The van der Waals surface area contributed by atoms with Crippen LogP contribution in [0.3, 0.4) is 0 Å². The van der Waals surface area contributed by atoms with Crippen LogP contribution < -0.4 is 10.6 Å². The number of aromatic nitrogens is 2. The van der Waals surface area contributed by atoms with E-state index in [1.165, 1.54) is 24.4 Å². The van der Waals surface area contributed by atoms with Gasteiger partial charge in [0, 0.05) is 30.1 Å². The molecule has 0 spiro atoms. The minimum atomic E-state index is -3.26. The van der Waals surface area contributed by atoms with E-state index >= 15 is 0 Å². The monoisotopic (exact) mass is 481 g/mol. The van der Waals surface area contributed by atoms with Crippen LogP contribution in [0.15, 0.2) is 65.8 Å². The lowest BCUT2D eigenvalue weighted by Crippen LogP contribution is -2.03.